The summed E-state index contributed by atoms with van der Waals surface area (Å²) in [5, 5.41) is 4.93. The van der Waals surface area contributed by atoms with Crippen molar-refractivity contribution in [3.63, 3.8) is 0 Å². The molecular weight excluding hydrogens is 591 g/mol. The molecule has 6 rings (SSSR count). The predicted molar refractivity (Wildman–Crippen MR) is 190 cm³/mol. The van der Waals surface area contributed by atoms with Gasteiger partial charge in [-0.25, -0.2) is 4.98 Å². The Hall–Kier alpha value is -2.86. The Morgan fingerprint density at radius 2 is 1.53 bits per heavy atom. The molecule has 2 bridgehead atoms. The summed E-state index contributed by atoms with van der Waals surface area (Å²) in [6.07, 6.45) is 9.18. The van der Waals surface area contributed by atoms with E-state index in [-0.39, 0.29) is 0 Å². The van der Waals surface area contributed by atoms with Crippen molar-refractivity contribution in [3.8, 4) is 22.4 Å². The van der Waals surface area contributed by atoms with Gasteiger partial charge in [-0.1, -0.05) is 82.1 Å². The predicted octanol–water partition coefficient (Wildman–Crippen LogP) is 8.79. The van der Waals surface area contributed by atoms with E-state index in [1.165, 1.54) is 31.4 Å². The summed E-state index contributed by atoms with van der Waals surface area (Å²) in [4.78, 5) is 12.4. The van der Waals surface area contributed by atoms with Crippen LogP contribution in [0.1, 0.15) is 37.3 Å². The first kappa shape index (κ1) is 32.1. The molecule has 0 amide bonds. The van der Waals surface area contributed by atoms with Crippen molar-refractivity contribution in [2.75, 3.05) is 31.6 Å². The van der Waals surface area contributed by atoms with E-state index in [1.54, 1.807) is 0 Å². The van der Waals surface area contributed by atoms with Crippen molar-refractivity contribution in [2.45, 2.75) is 83.0 Å². The normalized spacial score (nSPS) is 19.9. The lowest BCUT2D eigenvalue weighted by atomic mass is 9.86. The first-order chi connectivity index (χ1) is 21.5. The molecule has 0 radical (unpaired) electrons. The number of pyridine rings is 1. The Morgan fingerprint density at radius 1 is 0.822 bits per heavy atom. The smallest absolute Gasteiger partial charge is 0.165 e. The minimum absolute atomic E-state index is 0.467. The first-order valence-electron chi connectivity index (χ1n) is 16.8. The van der Waals surface area contributed by atoms with Crippen LogP contribution >= 0.6 is 0 Å². The molecule has 0 aliphatic heterocycles. The van der Waals surface area contributed by atoms with Gasteiger partial charge in [0.1, 0.15) is 19.3 Å². The highest BCUT2D eigenvalue weighted by atomic mass is 28.3. The Balaban J connectivity index is 1.35. The third kappa shape index (κ3) is 7.93. The number of aromatic nitrogens is 4. The highest BCUT2D eigenvalue weighted by Gasteiger charge is 2.41. The van der Waals surface area contributed by atoms with Crippen molar-refractivity contribution >= 4 is 27.6 Å². The summed E-state index contributed by atoms with van der Waals surface area (Å²) >= 11 is 0. The summed E-state index contributed by atoms with van der Waals surface area (Å²) in [5.74, 6) is 3.06. The maximum atomic E-state index is 6.35. The van der Waals surface area contributed by atoms with Crippen molar-refractivity contribution < 1.29 is 9.47 Å². The zero-order valence-corrected chi connectivity index (χ0v) is 30.1. The summed E-state index contributed by atoms with van der Waals surface area (Å²) in [7, 11) is -2.41. The fraction of sp³-hybridized carbons (Fsp3) is 0.528. The maximum absolute atomic E-state index is 6.35. The van der Waals surface area contributed by atoms with Gasteiger partial charge in [-0.15, -0.1) is 0 Å². The van der Waals surface area contributed by atoms with E-state index in [9.17, 15) is 0 Å². The van der Waals surface area contributed by atoms with Crippen molar-refractivity contribution in [1.82, 2.24) is 19.6 Å². The maximum Gasteiger partial charge on any atom is 0.165 e. The number of benzene rings is 1. The molecule has 4 aromatic rings. The summed E-state index contributed by atoms with van der Waals surface area (Å²) in [5.41, 5.74) is 6.18. The molecule has 45 heavy (non-hydrogen) atoms. The van der Waals surface area contributed by atoms with Crippen LogP contribution in [-0.2, 0) is 9.47 Å². The Morgan fingerprint density at radius 3 is 2.11 bits per heavy atom. The zero-order valence-electron chi connectivity index (χ0n) is 28.1. The van der Waals surface area contributed by atoms with Gasteiger partial charge < -0.3 is 14.4 Å². The van der Waals surface area contributed by atoms with Gasteiger partial charge in [0.15, 0.2) is 5.65 Å². The molecule has 3 heterocycles. The fourth-order valence-corrected chi connectivity index (χ4v) is 8.31. The molecule has 2 aliphatic rings. The summed E-state index contributed by atoms with van der Waals surface area (Å²) < 4.78 is 14.7. The van der Waals surface area contributed by atoms with Gasteiger partial charge in [-0.2, -0.15) is 9.61 Å². The van der Waals surface area contributed by atoms with Gasteiger partial charge in [0.05, 0.1) is 11.9 Å². The number of rotatable bonds is 14. The second-order valence-electron chi connectivity index (χ2n) is 15.6. The molecule has 2 aliphatic carbocycles. The SMILES string of the molecule is C[Si](C)(C)CCOCN(COCC[Si](C)(C)C)c1cc(C2CC3CCC2C3)nc2c(-c3ccc(-c4ccccc4)nc3)cnn12. The van der Waals surface area contributed by atoms with Crippen LogP contribution in [0.15, 0.2) is 60.9 Å². The lowest BCUT2D eigenvalue weighted by Crippen LogP contribution is -2.33. The topological polar surface area (TPSA) is 64.8 Å². The van der Waals surface area contributed by atoms with E-state index in [1.807, 2.05) is 35.1 Å². The third-order valence-corrected chi connectivity index (χ3v) is 13.0. The minimum Gasteiger partial charge on any atom is -0.361 e. The van der Waals surface area contributed by atoms with E-state index in [0.717, 1.165) is 71.0 Å². The average molecular weight is 642 g/mol. The van der Waals surface area contributed by atoms with Gasteiger partial charge in [0.2, 0.25) is 0 Å². The molecule has 9 heteroatoms. The summed E-state index contributed by atoms with van der Waals surface area (Å²) in [6.45, 7) is 16.8. The van der Waals surface area contributed by atoms with Crippen molar-refractivity contribution in [2.24, 2.45) is 11.8 Å². The zero-order chi connectivity index (χ0) is 31.6. The molecule has 2 saturated carbocycles. The van der Waals surface area contributed by atoms with Crippen LogP contribution in [0.25, 0.3) is 28.0 Å². The van der Waals surface area contributed by atoms with Crippen LogP contribution < -0.4 is 4.90 Å². The minimum atomic E-state index is -1.20. The lowest BCUT2D eigenvalue weighted by molar-refractivity contribution is 0.0942. The van der Waals surface area contributed by atoms with Gasteiger partial charge in [-0.3, -0.25) is 4.98 Å². The molecule has 3 unspecified atom stereocenters. The molecule has 3 atom stereocenters. The van der Waals surface area contributed by atoms with Crippen LogP contribution in [0.4, 0.5) is 5.82 Å². The second kappa shape index (κ2) is 13.5. The van der Waals surface area contributed by atoms with E-state index >= 15 is 0 Å². The number of ether oxygens (including phenoxy) is 2. The molecule has 0 N–H and O–H groups in total. The first-order valence-corrected chi connectivity index (χ1v) is 24.3. The quantitative estimate of drug-likeness (QED) is 0.0779. The molecule has 0 saturated heterocycles. The highest BCUT2D eigenvalue weighted by Crippen LogP contribution is 2.53. The Labute approximate surface area is 271 Å². The highest BCUT2D eigenvalue weighted by molar-refractivity contribution is 6.76. The monoisotopic (exact) mass is 641 g/mol. The lowest BCUT2D eigenvalue weighted by Gasteiger charge is -2.28. The molecule has 0 spiro atoms. The van der Waals surface area contributed by atoms with Gasteiger partial charge in [-0.05, 0) is 49.3 Å². The van der Waals surface area contributed by atoms with Crippen molar-refractivity contribution in [1.29, 1.82) is 0 Å². The Bertz CT molecular complexity index is 1540. The van der Waals surface area contributed by atoms with Crippen LogP contribution in [0.2, 0.25) is 51.4 Å². The molecule has 3 aromatic heterocycles. The molecule has 1 aromatic carbocycles. The number of hydrogen-bond donors (Lipinski definition) is 0. The van der Waals surface area contributed by atoms with Gasteiger partial charge >= 0.3 is 0 Å². The molecule has 2 fully saturated rings. The molecule has 240 valence electrons. The summed E-state index contributed by atoms with van der Waals surface area (Å²) in [6, 6.07) is 19.1. The van der Waals surface area contributed by atoms with Crippen molar-refractivity contribution in [3.05, 3.63) is 66.6 Å². The van der Waals surface area contributed by atoms with Crippen LogP contribution in [0.5, 0.6) is 0 Å². The number of anilines is 1. The Kier molecular flexibility index (Phi) is 9.61. The van der Waals surface area contributed by atoms with Crippen LogP contribution in [-0.4, -0.2) is 62.4 Å². The molecule has 7 nitrogen and oxygen atoms in total. The second-order valence-corrected chi connectivity index (χ2v) is 26.9. The number of hydrogen-bond acceptors (Lipinski definition) is 6. The van der Waals surface area contributed by atoms with Crippen LogP contribution in [0.3, 0.4) is 0 Å². The van der Waals surface area contributed by atoms with E-state index in [4.69, 9.17) is 24.5 Å². The van der Waals surface area contributed by atoms with E-state index in [0.29, 0.717) is 19.4 Å². The standard InChI is InChI=1S/C36H51N5O2Si2/c1-44(2,3)18-16-42-25-40(26-43-17-19-45(4,5)6)35-22-34(31-21-27-12-13-29(31)20-27)39-36-32(24-38-41(35)36)30-14-15-33(37-23-30)28-10-8-7-9-11-28/h7-11,14-15,22-24,27,29,31H,12-13,16-21,25-26H2,1-6H3. The van der Waals surface area contributed by atoms with E-state index in [2.05, 4.69) is 74.5 Å². The van der Waals surface area contributed by atoms with Crippen LogP contribution in [0, 0.1) is 11.8 Å². The largest absolute Gasteiger partial charge is 0.361 e. The molecular formula is C36H51N5O2Si2. The van der Waals surface area contributed by atoms with Gasteiger partial charge in [0.25, 0.3) is 0 Å². The fourth-order valence-electron chi connectivity index (χ4n) is 6.80. The van der Waals surface area contributed by atoms with E-state index < -0.39 is 16.1 Å². The average Bonchev–Trinajstić information content (AvgIpc) is 3.76. The number of fused-ring (bicyclic) bond motifs is 3. The van der Waals surface area contributed by atoms with Gasteiger partial charge in [0, 0.05) is 69.9 Å². The third-order valence-electron chi connectivity index (χ3n) is 9.55. The number of nitrogens with zero attached hydrogens (tertiary/aromatic N) is 5.